The molecule has 0 saturated carbocycles. The van der Waals surface area contributed by atoms with Gasteiger partial charge in [0, 0.05) is 20.3 Å². The molecule has 0 spiro atoms. The summed E-state index contributed by atoms with van der Waals surface area (Å²) in [7, 11) is 1.59. The number of carbonyl (C=O) groups is 2. The van der Waals surface area contributed by atoms with E-state index in [4.69, 9.17) is 9.84 Å². The zero-order valence-electron chi connectivity index (χ0n) is 10.5. The summed E-state index contributed by atoms with van der Waals surface area (Å²) in [6.07, 6.45) is 2.84. The first-order valence-corrected chi connectivity index (χ1v) is 5.88. The number of amides is 2. The van der Waals surface area contributed by atoms with Gasteiger partial charge in [-0.2, -0.15) is 0 Å². The van der Waals surface area contributed by atoms with E-state index in [2.05, 4.69) is 10.6 Å². The Balaban J connectivity index is 3.83. The lowest BCUT2D eigenvalue weighted by molar-refractivity contribution is -0.139. The average molecular weight is 246 g/mol. The Morgan fingerprint density at radius 3 is 2.59 bits per heavy atom. The number of unbranched alkanes of at least 4 members (excludes halogenated alkanes) is 1. The third-order valence-electron chi connectivity index (χ3n) is 2.26. The van der Waals surface area contributed by atoms with Crippen molar-refractivity contribution in [3.63, 3.8) is 0 Å². The first kappa shape index (κ1) is 15.7. The molecule has 0 radical (unpaired) electrons. The highest BCUT2D eigenvalue weighted by Crippen LogP contribution is 2.00. The molecule has 0 aromatic carbocycles. The number of carboxylic acids is 1. The summed E-state index contributed by atoms with van der Waals surface area (Å²) in [6.45, 7) is 3.02. The maximum atomic E-state index is 11.4. The normalized spacial score (nSPS) is 11.9. The molecule has 0 heterocycles. The Morgan fingerprint density at radius 2 is 2.06 bits per heavy atom. The van der Waals surface area contributed by atoms with Gasteiger partial charge in [-0.15, -0.1) is 0 Å². The fraction of sp³-hybridized carbons (Fsp3) is 0.818. The number of rotatable bonds is 9. The maximum absolute atomic E-state index is 11.4. The van der Waals surface area contributed by atoms with Crippen LogP contribution in [0.25, 0.3) is 0 Å². The number of urea groups is 1. The third kappa shape index (κ3) is 8.50. The van der Waals surface area contributed by atoms with Crippen molar-refractivity contribution in [2.45, 2.75) is 38.6 Å². The van der Waals surface area contributed by atoms with Crippen LogP contribution in [0.4, 0.5) is 4.79 Å². The minimum absolute atomic E-state index is 0.440. The molecule has 6 heteroatoms. The summed E-state index contributed by atoms with van der Waals surface area (Å²) in [5.41, 5.74) is 0. The van der Waals surface area contributed by atoms with E-state index in [1.165, 1.54) is 0 Å². The summed E-state index contributed by atoms with van der Waals surface area (Å²) in [4.78, 5) is 22.2. The van der Waals surface area contributed by atoms with Gasteiger partial charge in [0.25, 0.3) is 0 Å². The number of carboxylic acid groups (broad SMARTS) is 1. The first-order chi connectivity index (χ1) is 8.11. The van der Waals surface area contributed by atoms with Crippen molar-refractivity contribution in [3.05, 3.63) is 0 Å². The monoisotopic (exact) mass is 246 g/mol. The number of nitrogens with one attached hydrogen (secondary N) is 2. The molecule has 0 aliphatic carbocycles. The first-order valence-electron chi connectivity index (χ1n) is 5.88. The predicted molar refractivity (Wildman–Crippen MR) is 64.0 cm³/mol. The van der Waals surface area contributed by atoms with Crippen molar-refractivity contribution in [1.82, 2.24) is 10.6 Å². The molecule has 17 heavy (non-hydrogen) atoms. The molecule has 6 nitrogen and oxygen atoms in total. The largest absolute Gasteiger partial charge is 0.480 e. The van der Waals surface area contributed by atoms with Crippen LogP contribution in [0.5, 0.6) is 0 Å². The SMILES string of the molecule is CCCCC(NC(=O)NCCCOC)C(=O)O. The van der Waals surface area contributed by atoms with Gasteiger partial charge in [-0.3, -0.25) is 0 Å². The van der Waals surface area contributed by atoms with Crippen molar-refractivity contribution >= 4 is 12.0 Å². The van der Waals surface area contributed by atoms with E-state index in [-0.39, 0.29) is 0 Å². The molecule has 0 aliphatic heterocycles. The van der Waals surface area contributed by atoms with Gasteiger partial charge in [-0.1, -0.05) is 19.8 Å². The molecule has 0 rings (SSSR count). The Bertz CT molecular complexity index is 234. The van der Waals surface area contributed by atoms with Crippen LogP contribution in [-0.4, -0.2) is 43.4 Å². The number of methoxy groups -OCH3 is 1. The number of hydrogen-bond acceptors (Lipinski definition) is 3. The highest BCUT2D eigenvalue weighted by atomic mass is 16.5. The van der Waals surface area contributed by atoms with Crippen LogP contribution in [0.15, 0.2) is 0 Å². The molecule has 2 amide bonds. The second-order valence-corrected chi connectivity index (χ2v) is 3.78. The summed E-state index contributed by atoms with van der Waals surface area (Å²) in [5, 5.41) is 13.9. The topological polar surface area (TPSA) is 87.7 Å². The second kappa shape index (κ2) is 9.89. The molecular weight excluding hydrogens is 224 g/mol. The third-order valence-corrected chi connectivity index (χ3v) is 2.26. The lowest BCUT2D eigenvalue weighted by Crippen LogP contribution is -2.46. The quantitative estimate of drug-likeness (QED) is 0.529. The van der Waals surface area contributed by atoms with Crippen LogP contribution >= 0.6 is 0 Å². The molecule has 100 valence electrons. The average Bonchev–Trinajstić information content (AvgIpc) is 2.29. The number of ether oxygens (including phenoxy) is 1. The van der Waals surface area contributed by atoms with Gasteiger partial charge < -0.3 is 20.5 Å². The molecule has 0 bridgehead atoms. The maximum Gasteiger partial charge on any atom is 0.326 e. The second-order valence-electron chi connectivity index (χ2n) is 3.78. The lowest BCUT2D eigenvalue weighted by Gasteiger charge is -2.14. The Kier molecular flexibility index (Phi) is 9.14. The van der Waals surface area contributed by atoms with Gasteiger partial charge in [-0.25, -0.2) is 9.59 Å². The van der Waals surface area contributed by atoms with Crippen LogP contribution < -0.4 is 10.6 Å². The standard InChI is InChI=1S/C11H22N2O4/c1-3-4-6-9(10(14)15)13-11(16)12-7-5-8-17-2/h9H,3-8H2,1-2H3,(H,14,15)(H2,12,13,16). The molecule has 0 fully saturated rings. The van der Waals surface area contributed by atoms with Gasteiger partial charge in [0.2, 0.25) is 0 Å². The van der Waals surface area contributed by atoms with Crippen molar-refractivity contribution < 1.29 is 19.4 Å². The molecule has 1 atom stereocenters. The highest BCUT2D eigenvalue weighted by molar-refractivity contribution is 5.82. The van der Waals surface area contributed by atoms with Gasteiger partial charge in [0.15, 0.2) is 0 Å². The molecule has 0 aliphatic rings. The van der Waals surface area contributed by atoms with Gasteiger partial charge in [0.05, 0.1) is 0 Å². The van der Waals surface area contributed by atoms with Gasteiger partial charge >= 0.3 is 12.0 Å². The van der Waals surface area contributed by atoms with E-state index in [1.807, 2.05) is 6.92 Å². The molecular formula is C11H22N2O4. The van der Waals surface area contributed by atoms with Crippen molar-refractivity contribution in [2.75, 3.05) is 20.3 Å². The fourth-order valence-electron chi connectivity index (χ4n) is 1.29. The highest BCUT2D eigenvalue weighted by Gasteiger charge is 2.18. The van der Waals surface area contributed by atoms with E-state index in [9.17, 15) is 9.59 Å². The van der Waals surface area contributed by atoms with E-state index in [0.29, 0.717) is 26.0 Å². The Labute approximate surface area is 102 Å². The fourth-order valence-corrected chi connectivity index (χ4v) is 1.29. The van der Waals surface area contributed by atoms with Gasteiger partial charge in [0.1, 0.15) is 6.04 Å². The van der Waals surface area contributed by atoms with E-state index < -0.39 is 18.0 Å². The van der Waals surface area contributed by atoms with Crippen LogP contribution in [0.1, 0.15) is 32.6 Å². The van der Waals surface area contributed by atoms with E-state index >= 15 is 0 Å². The smallest absolute Gasteiger partial charge is 0.326 e. The van der Waals surface area contributed by atoms with Crippen LogP contribution in [0.3, 0.4) is 0 Å². The Hall–Kier alpha value is -1.30. The Morgan fingerprint density at radius 1 is 1.35 bits per heavy atom. The molecule has 0 aromatic heterocycles. The molecule has 0 aromatic rings. The summed E-state index contributed by atoms with van der Waals surface area (Å²) < 4.78 is 4.83. The minimum Gasteiger partial charge on any atom is -0.480 e. The number of hydrogen-bond donors (Lipinski definition) is 3. The van der Waals surface area contributed by atoms with E-state index in [1.54, 1.807) is 7.11 Å². The van der Waals surface area contributed by atoms with Crippen LogP contribution in [-0.2, 0) is 9.53 Å². The zero-order valence-corrected chi connectivity index (χ0v) is 10.5. The van der Waals surface area contributed by atoms with Crippen molar-refractivity contribution in [1.29, 1.82) is 0 Å². The lowest BCUT2D eigenvalue weighted by atomic mass is 10.1. The van der Waals surface area contributed by atoms with E-state index in [0.717, 1.165) is 12.8 Å². The summed E-state index contributed by atoms with van der Waals surface area (Å²) in [5.74, 6) is -0.995. The van der Waals surface area contributed by atoms with Crippen LogP contribution in [0.2, 0.25) is 0 Å². The predicted octanol–water partition coefficient (Wildman–Crippen LogP) is 0.965. The van der Waals surface area contributed by atoms with Crippen molar-refractivity contribution in [3.8, 4) is 0 Å². The van der Waals surface area contributed by atoms with Crippen LogP contribution in [0, 0.1) is 0 Å². The molecule has 3 N–H and O–H groups in total. The number of carbonyl (C=O) groups excluding carboxylic acids is 1. The zero-order chi connectivity index (χ0) is 13.1. The van der Waals surface area contributed by atoms with Gasteiger partial charge in [-0.05, 0) is 12.8 Å². The number of aliphatic carboxylic acids is 1. The molecule has 0 saturated heterocycles. The van der Waals surface area contributed by atoms with Crippen molar-refractivity contribution in [2.24, 2.45) is 0 Å². The molecule has 1 unspecified atom stereocenters. The summed E-state index contributed by atoms with van der Waals surface area (Å²) >= 11 is 0. The summed E-state index contributed by atoms with van der Waals surface area (Å²) in [6, 6.07) is -1.25. The minimum atomic E-state index is -0.995.